The molecule has 0 aromatic rings. The monoisotopic (exact) mass is 236 g/mol. The molecule has 0 rings (SSSR count). The molecule has 0 aromatic carbocycles. The summed E-state index contributed by atoms with van der Waals surface area (Å²) in [5.74, 6) is 0. The van der Waals surface area contributed by atoms with Gasteiger partial charge in [0, 0.05) is 6.54 Å². The van der Waals surface area contributed by atoms with Crippen molar-refractivity contribution in [1.29, 1.82) is 0 Å². The summed E-state index contributed by atoms with van der Waals surface area (Å²) in [5.41, 5.74) is 4.40. The number of nitrogens with one attached hydrogen (secondary N) is 1. The maximum absolute atomic E-state index is 8.30. The van der Waals surface area contributed by atoms with Gasteiger partial charge in [0.2, 0.25) is 0 Å². The van der Waals surface area contributed by atoms with E-state index in [0.29, 0.717) is 0 Å². The van der Waals surface area contributed by atoms with Crippen LogP contribution in [0.25, 0.3) is 0 Å². The van der Waals surface area contributed by atoms with Crippen LogP contribution in [-0.2, 0) is 0 Å². The molecule has 0 aliphatic rings. The van der Waals surface area contributed by atoms with E-state index >= 15 is 0 Å². The van der Waals surface area contributed by atoms with Gasteiger partial charge in [-0.1, -0.05) is 14.4 Å². The van der Waals surface area contributed by atoms with Crippen LogP contribution in [0, 0.1) is 0 Å². The van der Waals surface area contributed by atoms with Gasteiger partial charge in [-0.2, -0.15) is 0 Å². The zero-order chi connectivity index (χ0) is 9.28. The minimum absolute atomic E-state index is 0. The SMILES string of the molecule is C.CCCNC(O)=S.NC(O)=S.[NaH]. The van der Waals surface area contributed by atoms with E-state index in [1.807, 2.05) is 6.92 Å². The predicted molar refractivity (Wildman–Crippen MR) is 66.8 cm³/mol. The number of aliphatic hydroxyl groups is 2. The summed E-state index contributed by atoms with van der Waals surface area (Å²) >= 11 is 8.18. The van der Waals surface area contributed by atoms with Crippen LogP contribution in [0.2, 0.25) is 0 Å². The van der Waals surface area contributed by atoms with E-state index < -0.39 is 5.17 Å². The van der Waals surface area contributed by atoms with Crippen molar-refractivity contribution in [3.63, 3.8) is 0 Å². The van der Waals surface area contributed by atoms with Crippen LogP contribution in [-0.4, -0.2) is 56.7 Å². The van der Waals surface area contributed by atoms with Crippen molar-refractivity contribution in [1.82, 2.24) is 5.32 Å². The molecule has 0 saturated heterocycles. The molecule has 0 amide bonds. The first-order valence-electron chi connectivity index (χ1n) is 2.95. The molecule has 0 aliphatic carbocycles. The van der Waals surface area contributed by atoms with Crippen molar-refractivity contribution in [3.05, 3.63) is 0 Å². The molecule has 0 saturated carbocycles. The molecular weight excluding hydrogens is 219 g/mol. The number of rotatable bonds is 2. The molecule has 76 valence electrons. The van der Waals surface area contributed by atoms with Gasteiger partial charge in [0.1, 0.15) is 0 Å². The molecule has 4 nitrogen and oxygen atoms in total. The van der Waals surface area contributed by atoms with Crippen LogP contribution in [0.15, 0.2) is 0 Å². The van der Waals surface area contributed by atoms with Crippen LogP contribution in [0.5, 0.6) is 0 Å². The molecule has 5 N–H and O–H groups in total. The van der Waals surface area contributed by atoms with Crippen molar-refractivity contribution >= 4 is 64.3 Å². The molecule has 7 heteroatoms. The Labute approximate surface area is 112 Å². The summed E-state index contributed by atoms with van der Waals surface area (Å²) in [6.45, 7) is 2.76. The van der Waals surface area contributed by atoms with Gasteiger partial charge in [-0.05, 0) is 30.9 Å². The Hall–Kier alpha value is 0.380. The summed E-state index contributed by atoms with van der Waals surface area (Å²) in [6, 6.07) is 0. The van der Waals surface area contributed by atoms with Gasteiger partial charge in [-0.25, -0.2) is 0 Å². The van der Waals surface area contributed by atoms with Gasteiger partial charge in [0.15, 0.2) is 0 Å². The van der Waals surface area contributed by atoms with Crippen LogP contribution in [0.4, 0.5) is 0 Å². The standard InChI is InChI=1S/C4H9NOS.CH3NOS.CH4.Na.H/c1-2-3-5-4(6)7;2-1(3)4;;;/h2-3H2,1H3,(H2,5,6,7);(H3,2,3,4);1H4;;. The number of nitrogens with two attached hydrogens (primary N) is 1. The first-order valence-corrected chi connectivity index (χ1v) is 3.77. The third-order valence-corrected chi connectivity index (χ3v) is 0.671. The number of thiocarbonyl (C=S) groups is 2. The molecule has 0 fully saturated rings. The van der Waals surface area contributed by atoms with E-state index in [-0.39, 0.29) is 42.2 Å². The van der Waals surface area contributed by atoms with Gasteiger partial charge < -0.3 is 21.3 Å². The topological polar surface area (TPSA) is 78.5 Å². The molecular formula is C6H17N2NaO2S2. The third kappa shape index (κ3) is 69.5. The Balaban J connectivity index is -0.0000000600. The van der Waals surface area contributed by atoms with Crippen molar-refractivity contribution in [3.8, 4) is 0 Å². The van der Waals surface area contributed by atoms with Gasteiger partial charge in [0.05, 0.1) is 0 Å². The molecule has 0 bridgehead atoms. The molecule has 0 aromatic heterocycles. The number of aliphatic hydroxyl groups excluding tert-OH is 2. The normalized spacial score (nSPS) is 6.23. The second kappa shape index (κ2) is 18.2. The Morgan fingerprint density at radius 2 is 1.69 bits per heavy atom. The Bertz CT molecular complexity index is 132. The summed E-state index contributed by atoms with van der Waals surface area (Å²) in [5, 5.41) is 17.8. The average molecular weight is 236 g/mol. The van der Waals surface area contributed by atoms with E-state index in [0.717, 1.165) is 13.0 Å². The van der Waals surface area contributed by atoms with Crippen LogP contribution in [0.3, 0.4) is 0 Å². The fraction of sp³-hybridized carbons (Fsp3) is 0.667. The van der Waals surface area contributed by atoms with E-state index in [2.05, 4.69) is 35.5 Å². The molecule has 0 spiro atoms. The van der Waals surface area contributed by atoms with Gasteiger partial charge >= 0.3 is 29.6 Å². The Morgan fingerprint density at radius 3 is 1.77 bits per heavy atom. The maximum atomic E-state index is 8.30. The summed E-state index contributed by atoms with van der Waals surface area (Å²) in [4.78, 5) is 0. The predicted octanol–water partition coefficient (Wildman–Crippen LogP) is 0.604. The second-order valence-electron chi connectivity index (χ2n) is 1.57. The number of hydrogen-bond donors (Lipinski definition) is 4. The van der Waals surface area contributed by atoms with Crippen LogP contribution in [0.1, 0.15) is 20.8 Å². The molecule has 0 heterocycles. The van der Waals surface area contributed by atoms with Gasteiger partial charge in [0.25, 0.3) is 10.3 Å². The quantitative estimate of drug-likeness (QED) is 0.415. The van der Waals surface area contributed by atoms with Crippen molar-refractivity contribution in [2.45, 2.75) is 20.8 Å². The van der Waals surface area contributed by atoms with Crippen molar-refractivity contribution in [2.75, 3.05) is 6.54 Å². The molecule has 0 aliphatic heterocycles. The molecule has 0 atom stereocenters. The zero-order valence-corrected chi connectivity index (χ0v) is 7.84. The van der Waals surface area contributed by atoms with Crippen molar-refractivity contribution in [2.24, 2.45) is 5.73 Å². The zero-order valence-electron chi connectivity index (χ0n) is 6.20. The number of hydrogen-bond acceptors (Lipinski definition) is 2. The van der Waals surface area contributed by atoms with Gasteiger partial charge in [-0.3, -0.25) is 0 Å². The fourth-order valence-electron chi connectivity index (χ4n) is 0.232. The van der Waals surface area contributed by atoms with E-state index in [9.17, 15) is 0 Å². The fourth-order valence-corrected chi connectivity index (χ4v) is 0.334. The third-order valence-electron chi connectivity index (χ3n) is 0.526. The average Bonchev–Trinajstić information content (AvgIpc) is 1.82. The molecule has 0 radical (unpaired) electrons. The summed E-state index contributed by atoms with van der Waals surface area (Å²) in [6.07, 6.45) is 0.987. The van der Waals surface area contributed by atoms with Crippen LogP contribution < -0.4 is 11.1 Å². The Morgan fingerprint density at radius 1 is 1.38 bits per heavy atom. The van der Waals surface area contributed by atoms with Gasteiger partial charge in [-0.15, -0.1) is 0 Å². The first-order chi connectivity index (χ1) is 5.00. The van der Waals surface area contributed by atoms with E-state index in [1.54, 1.807) is 0 Å². The molecule has 0 unspecified atom stereocenters. The second-order valence-corrected chi connectivity index (χ2v) is 2.38. The summed E-state index contributed by atoms with van der Waals surface area (Å²) < 4.78 is 0. The van der Waals surface area contributed by atoms with E-state index in [4.69, 9.17) is 10.2 Å². The molecule has 13 heavy (non-hydrogen) atoms. The first kappa shape index (κ1) is 23.3. The summed E-state index contributed by atoms with van der Waals surface area (Å²) in [7, 11) is 0. The Kier molecular flexibility index (Phi) is 32.7. The van der Waals surface area contributed by atoms with Crippen LogP contribution >= 0.6 is 24.4 Å². The van der Waals surface area contributed by atoms with Crippen molar-refractivity contribution < 1.29 is 10.2 Å². The van der Waals surface area contributed by atoms with E-state index in [1.165, 1.54) is 0 Å². The minimum atomic E-state index is -0.500.